The highest BCUT2D eigenvalue weighted by molar-refractivity contribution is 7.21. The first-order chi connectivity index (χ1) is 17.7. The summed E-state index contributed by atoms with van der Waals surface area (Å²) < 4.78 is 1.09. The molecule has 4 heteroatoms. The number of pyridine rings is 1. The molecule has 0 saturated heterocycles. The van der Waals surface area contributed by atoms with E-state index in [9.17, 15) is 5.11 Å². The van der Waals surface area contributed by atoms with Crippen LogP contribution in [0.25, 0.3) is 43.2 Å². The molecular formula is C32H24N2OS. The second-order valence-electron chi connectivity index (χ2n) is 8.84. The molecule has 174 valence electrons. The second kappa shape index (κ2) is 9.40. The van der Waals surface area contributed by atoms with E-state index in [2.05, 4.69) is 66.5 Å². The van der Waals surface area contributed by atoms with Gasteiger partial charge in [-0.05, 0) is 41.5 Å². The van der Waals surface area contributed by atoms with Gasteiger partial charge in [-0.25, -0.2) is 4.98 Å². The molecule has 0 bridgehead atoms. The van der Waals surface area contributed by atoms with Crippen LogP contribution in [0.3, 0.4) is 0 Å². The van der Waals surface area contributed by atoms with Crippen LogP contribution in [0, 0.1) is 0 Å². The Morgan fingerprint density at radius 2 is 1.47 bits per heavy atom. The first-order valence-electron chi connectivity index (χ1n) is 12.0. The Kier molecular flexibility index (Phi) is 5.80. The van der Waals surface area contributed by atoms with Crippen molar-refractivity contribution in [3.05, 3.63) is 127 Å². The lowest BCUT2D eigenvalue weighted by atomic mass is 9.91. The minimum atomic E-state index is 0.0745. The number of para-hydroxylation sites is 2. The molecule has 0 saturated carbocycles. The number of aromatic hydroxyl groups is 1. The molecule has 0 aliphatic carbocycles. The summed E-state index contributed by atoms with van der Waals surface area (Å²) in [6.45, 7) is 2.12. The smallest absolute Gasteiger partial charge is 0.129 e. The fraction of sp³-hybridized carbons (Fsp3) is 0.0625. The van der Waals surface area contributed by atoms with Crippen LogP contribution in [0.15, 0.2) is 115 Å². The molecule has 0 spiro atoms. The number of phenols is 1. The molecule has 0 aliphatic heterocycles. The molecule has 6 aromatic rings. The zero-order valence-electron chi connectivity index (χ0n) is 19.8. The van der Waals surface area contributed by atoms with Crippen molar-refractivity contribution in [3.8, 4) is 38.7 Å². The van der Waals surface area contributed by atoms with Crippen LogP contribution < -0.4 is 0 Å². The number of aromatic nitrogens is 2. The van der Waals surface area contributed by atoms with Crippen molar-refractivity contribution in [2.45, 2.75) is 12.8 Å². The second-order valence-corrected chi connectivity index (χ2v) is 9.87. The van der Waals surface area contributed by atoms with Crippen molar-refractivity contribution in [2.24, 2.45) is 0 Å². The van der Waals surface area contributed by atoms with Gasteiger partial charge in [0.15, 0.2) is 0 Å². The monoisotopic (exact) mass is 484 g/mol. The largest absolute Gasteiger partial charge is 0.507 e. The van der Waals surface area contributed by atoms with Gasteiger partial charge in [0.1, 0.15) is 10.8 Å². The molecule has 0 radical (unpaired) electrons. The number of hydrogen-bond donors (Lipinski definition) is 1. The number of hydrogen-bond acceptors (Lipinski definition) is 4. The number of rotatable bonds is 5. The van der Waals surface area contributed by atoms with Crippen molar-refractivity contribution >= 4 is 21.6 Å². The summed E-state index contributed by atoms with van der Waals surface area (Å²) in [5.41, 5.74) is 7.96. The van der Waals surface area contributed by atoms with Gasteiger partial charge in [-0.15, -0.1) is 11.3 Å². The molecule has 36 heavy (non-hydrogen) atoms. The van der Waals surface area contributed by atoms with Gasteiger partial charge in [-0.3, -0.25) is 4.98 Å². The summed E-state index contributed by atoms with van der Waals surface area (Å²) in [6, 6.07) is 36.9. The molecule has 6 rings (SSSR count). The highest BCUT2D eigenvalue weighted by Gasteiger charge is 2.19. The van der Waals surface area contributed by atoms with E-state index in [0.29, 0.717) is 5.75 Å². The average molecular weight is 485 g/mol. The standard InChI is InChI=1S/C32H24N2OS/c1-21(22-10-3-2-4-11-22)25-14-8-16-27(31(25)35)32-34-30-26(15-9-18-29(30)36-32)23-12-7-13-24(20-23)28-17-5-6-19-33-28/h2-21,35H,1H3. The molecule has 2 heterocycles. The quantitative estimate of drug-likeness (QED) is 0.267. The number of fused-ring (bicyclic) bond motifs is 1. The maximum atomic E-state index is 11.3. The number of nitrogens with zero attached hydrogens (tertiary/aromatic N) is 2. The average Bonchev–Trinajstić information content (AvgIpc) is 3.38. The maximum Gasteiger partial charge on any atom is 0.129 e. The van der Waals surface area contributed by atoms with Crippen LogP contribution in [0.2, 0.25) is 0 Å². The molecule has 4 aromatic carbocycles. The predicted octanol–water partition coefficient (Wildman–Crippen LogP) is 8.55. The summed E-state index contributed by atoms with van der Waals surface area (Å²) in [4.78, 5) is 9.54. The molecule has 1 atom stereocenters. The highest BCUT2D eigenvalue weighted by Crippen LogP contribution is 2.42. The lowest BCUT2D eigenvalue weighted by Crippen LogP contribution is -1.97. The number of benzene rings is 4. The molecule has 0 amide bonds. The Hall–Kier alpha value is -4.28. The zero-order chi connectivity index (χ0) is 24.5. The Balaban J connectivity index is 1.43. The lowest BCUT2D eigenvalue weighted by molar-refractivity contribution is 0.468. The number of thiazole rings is 1. The van der Waals surface area contributed by atoms with E-state index in [1.165, 1.54) is 5.56 Å². The third-order valence-electron chi connectivity index (χ3n) is 6.62. The van der Waals surface area contributed by atoms with E-state index in [1.54, 1.807) is 11.3 Å². The van der Waals surface area contributed by atoms with Crippen molar-refractivity contribution < 1.29 is 5.11 Å². The molecule has 0 aliphatic rings. The normalized spacial score (nSPS) is 12.0. The summed E-state index contributed by atoms with van der Waals surface area (Å²) in [5.74, 6) is 0.372. The Bertz CT molecular complexity index is 1660. The van der Waals surface area contributed by atoms with Crippen molar-refractivity contribution in [3.63, 3.8) is 0 Å². The molecule has 1 unspecified atom stereocenters. The molecule has 2 aromatic heterocycles. The van der Waals surface area contributed by atoms with Gasteiger partial charge in [-0.1, -0.05) is 85.8 Å². The molecule has 0 fully saturated rings. The van der Waals surface area contributed by atoms with Gasteiger partial charge in [0, 0.05) is 28.8 Å². The zero-order valence-corrected chi connectivity index (χ0v) is 20.6. The molecule has 3 nitrogen and oxygen atoms in total. The van der Waals surface area contributed by atoms with E-state index >= 15 is 0 Å². The maximum absolute atomic E-state index is 11.3. The minimum absolute atomic E-state index is 0.0745. The topological polar surface area (TPSA) is 46.0 Å². The van der Waals surface area contributed by atoms with Gasteiger partial charge in [0.25, 0.3) is 0 Å². The van der Waals surface area contributed by atoms with Gasteiger partial charge >= 0.3 is 0 Å². The minimum Gasteiger partial charge on any atom is -0.507 e. The van der Waals surface area contributed by atoms with E-state index in [-0.39, 0.29) is 5.92 Å². The van der Waals surface area contributed by atoms with Gasteiger partial charge < -0.3 is 5.11 Å². The highest BCUT2D eigenvalue weighted by atomic mass is 32.1. The Morgan fingerprint density at radius 3 is 2.31 bits per heavy atom. The number of phenolic OH excluding ortho intramolecular Hbond substituents is 1. The van der Waals surface area contributed by atoms with E-state index in [1.807, 2.05) is 60.8 Å². The first-order valence-corrected chi connectivity index (χ1v) is 12.8. The fourth-order valence-electron chi connectivity index (χ4n) is 4.68. The molecular weight excluding hydrogens is 460 g/mol. The van der Waals surface area contributed by atoms with Gasteiger partial charge in [0.2, 0.25) is 0 Å². The van der Waals surface area contributed by atoms with Crippen molar-refractivity contribution in [1.29, 1.82) is 0 Å². The van der Waals surface area contributed by atoms with Crippen molar-refractivity contribution in [2.75, 3.05) is 0 Å². The van der Waals surface area contributed by atoms with Crippen LogP contribution in [0.4, 0.5) is 0 Å². The van der Waals surface area contributed by atoms with E-state index < -0.39 is 0 Å². The van der Waals surface area contributed by atoms with Crippen molar-refractivity contribution in [1.82, 2.24) is 9.97 Å². The first kappa shape index (κ1) is 22.2. The lowest BCUT2D eigenvalue weighted by Gasteiger charge is -2.15. The van der Waals surface area contributed by atoms with Crippen LogP contribution in [-0.2, 0) is 0 Å². The van der Waals surface area contributed by atoms with Crippen LogP contribution in [-0.4, -0.2) is 15.1 Å². The van der Waals surface area contributed by atoms with E-state index in [4.69, 9.17) is 4.98 Å². The third kappa shape index (κ3) is 4.06. The SMILES string of the molecule is CC(c1ccccc1)c1cccc(-c2nc3c(-c4cccc(-c5ccccn5)c4)cccc3s2)c1O. The summed E-state index contributed by atoms with van der Waals surface area (Å²) >= 11 is 1.61. The van der Waals surface area contributed by atoms with Gasteiger partial charge in [-0.2, -0.15) is 0 Å². The van der Waals surface area contributed by atoms with Crippen LogP contribution in [0.1, 0.15) is 24.0 Å². The third-order valence-corrected chi connectivity index (χ3v) is 7.67. The molecule has 1 N–H and O–H groups in total. The van der Waals surface area contributed by atoms with Crippen LogP contribution >= 0.6 is 11.3 Å². The van der Waals surface area contributed by atoms with Crippen LogP contribution in [0.5, 0.6) is 5.75 Å². The van der Waals surface area contributed by atoms with E-state index in [0.717, 1.165) is 48.7 Å². The predicted molar refractivity (Wildman–Crippen MR) is 149 cm³/mol. The van der Waals surface area contributed by atoms with Gasteiger partial charge in [0.05, 0.1) is 21.5 Å². The fourth-order valence-corrected chi connectivity index (χ4v) is 5.70. The summed E-state index contributed by atoms with van der Waals surface area (Å²) in [5, 5.41) is 12.1. The Labute approximate surface area is 214 Å². The summed E-state index contributed by atoms with van der Waals surface area (Å²) in [7, 11) is 0. The Morgan fingerprint density at radius 1 is 0.722 bits per heavy atom. The summed E-state index contributed by atoms with van der Waals surface area (Å²) in [6.07, 6.45) is 1.81.